The molecule has 7 nitrogen and oxygen atoms in total. The second-order valence-electron chi connectivity index (χ2n) is 7.74. The number of hydrogen-bond acceptors (Lipinski definition) is 5. The van der Waals surface area contributed by atoms with Crippen molar-refractivity contribution in [1.82, 2.24) is 0 Å². The van der Waals surface area contributed by atoms with E-state index in [1.165, 1.54) is 17.1 Å². The molecule has 1 atom stereocenters. The van der Waals surface area contributed by atoms with Gasteiger partial charge in [-0.15, -0.1) is 0 Å². The Labute approximate surface area is 177 Å². The molecule has 160 valence electrons. The molecule has 1 amide bonds. The third-order valence-electron chi connectivity index (χ3n) is 5.42. The first-order valence-corrected chi connectivity index (χ1v) is 12.1. The number of hydrogen-bond donors (Lipinski definition) is 1. The number of carbonyl (C=O) groups is 1. The van der Waals surface area contributed by atoms with Gasteiger partial charge in [-0.3, -0.25) is 9.10 Å². The van der Waals surface area contributed by atoms with E-state index in [4.69, 9.17) is 9.47 Å². The molecule has 1 unspecified atom stereocenters. The van der Waals surface area contributed by atoms with Crippen molar-refractivity contribution in [2.75, 3.05) is 22.4 Å². The Morgan fingerprint density at radius 2 is 1.77 bits per heavy atom. The molecule has 1 aliphatic carbocycles. The number of nitrogens with zero attached hydrogens (tertiary/aromatic N) is 1. The van der Waals surface area contributed by atoms with Crippen LogP contribution in [0, 0.1) is 0 Å². The van der Waals surface area contributed by atoms with Crippen molar-refractivity contribution >= 4 is 27.3 Å². The lowest BCUT2D eigenvalue weighted by atomic mass is 10.2. The Morgan fingerprint density at radius 3 is 2.47 bits per heavy atom. The second kappa shape index (κ2) is 8.55. The van der Waals surface area contributed by atoms with Crippen LogP contribution in [0.2, 0.25) is 0 Å². The average Bonchev–Trinajstić information content (AvgIpc) is 3.13. The van der Waals surface area contributed by atoms with Crippen LogP contribution in [-0.4, -0.2) is 39.3 Å². The fraction of sp³-hybridized carbons (Fsp3) is 0.409. The molecule has 0 aromatic heterocycles. The summed E-state index contributed by atoms with van der Waals surface area (Å²) in [5.41, 5.74) is 1.09. The third-order valence-corrected chi connectivity index (χ3v) is 6.60. The van der Waals surface area contributed by atoms with Gasteiger partial charge in [-0.1, -0.05) is 12.1 Å². The first kappa shape index (κ1) is 20.5. The zero-order valence-corrected chi connectivity index (χ0v) is 17.7. The molecule has 0 bridgehead atoms. The summed E-state index contributed by atoms with van der Waals surface area (Å²) in [6, 6.07) is 14.2. The largest absolute Gasteiger partial charge is 0.490 e. The molecule has 30 heavy (non-hydrogen) atoms. The van der Waals surface area contributed by atoms with Crippen molar-refractivity contribution in [3.63, 3.8) is 0 Å². The minimum absolute atomic E-state index is 0.169. The number of rotatable bonds is 5. The smallest absolute Gasteiger partial charge is 0.265 e. The summed E-state index contributed by atoms with van der Waals surface area (Å²) in [6.45, 7) is 0.169. The molecule has 2 aromatic carbocycles. The van der Waals surface area contributed by atoms with Crippen molar-refractivity contribution in [2.24, 2.45) is 0 Å². The van der Waals surface area contributed by atoms with Crippen LogP contribution in [0.5, 0.6) is 11.5 Å². The summed E-state index contributed by atoms with van der Waals surface area (Å²) < 4.78 is 37.5. The molecule has 1 fully saturated rings. The topological polar surface area (TPSA) is 84.9 Å². The van der Waals surface area contributed by atoms with Gasteiger partial charge in [0.05, 0.1) is 18.0 Å². The van der Waals surface area contributed by atoms with Crippen LogP contribution in [0.4, 0.5) is 11.4 Å². The number of sulfonamides is 1. The molecule has 4 rings (SSSR count). The van der Waals surface area contributed by atoms with Crippen LogP contribution in [0.3, 0.4) is 0 Å². The number of nitrogens with one attached hydrogen (secondary N) is 1. The highest BCUT2D eigenvalue weighted by Gasteiger charge is 2.31. The van der Waals surface area contributed by atoms with Gasteiger partial charge in [0, 0.05) is 18.7 Å². The number of carbonyl (C=O) groups excluding carboxylic acids is 1. The molecule has 1 N–H and O–H groups in total. The third kappa shape index (κ3) is 4.70. The van der Waals surface area contributed by atoms with E-state index >= 15 is 0 Å². The summed E-state index contributed by atoms with van der Waals surface area (Å²) in [6.07, 6.45) is 5.47. The Bertz CT molecular complexity index is 1000. The van der Waals surface area contributed by atoms with Gasteiger partial charge in [0.2, 0.25) is 10.0 Å². The number of benzene rings is 2. The van der Waals surface area contributed by atoms with Gasteiger partial charge in [-0.05, 0) is 62.1 Å². The highest BCUT2D eigenvalue weighted by Crippen LogP contribution is 2.34. The Balaban J connectivity index is 1.43. The SMILES string of the molecule is CS(=O)(=O)N1CCC(C(=O)Nc2ccc(OC3CCCC3)cc2)Oc2ccccc21. The number of anilines is 2. The van der Waals surface area contributed by atoms with Crippen molar-refractivity contribution in [3.8, 4) is 11.5 Å². The van der Waals surface area contributed by atoms with Gasteiger partial charge in [0.25, 0.3) is 5.91 Å². The molecule has 0 saturated heterocycles. The average molecular weight is 431 g/mol. The summed E-state index contributed by atoms with van der Waals surface area (Å²) in [5, 5.41) is 2.86. The molecule has 2 aliphatic rings. The Hall–Kier alpha value is -2.74. The standard InChI is InChI=1S/C22H26N2O5S/c1-30(26,27)24-15-14-21(29-20-9-5-4-8-19(20)24)22(25)23-16-10-12-18(13-11-16)28-17-6-2-3-7-17/h4-5,8-13,17,21H,2-3,6-7,14-15H2,1H3,(H,23,25). The highest BCUT2D eigenvalue weighted by molar-refractivity contribution is 7.92. The van der Waals surface area contributed by atoms with Gasteiger partial charge < -0.3 is 14.8 Å². The van der Waals surface area contributed by atoms with E-state index in [1.807, 2.05) is 12.1 Å². The molecule has 8 heteroatoms. The molecular weight excluding hydrogens is 404 g/mol. The zero-order valence-electron chi connectivity index (χ0n) is 16.9. The van der Waals surface area contributed by atoms with E-state index < -0.39 is 16.1 Å². The molecular formula is C22H26N2O5S. The lowest BCUT2D eigenvalue weighted by molar-refractivity contribution is -0.122. The van der Waals surface area contributed by atoms with Crippen molar-refractivity contribution in [2.45, 2.75) is 44.3 Å². The molecule has 1 saturated carbocycles. The fourth-order valence-electron chi connectivity index (χ4n) is 3.90. The van der Waals surface area contributed by atoms with Crippen LogP contribution in [0.1, 0.15) is 32.1 Å². The lowest BCUT2D eigenvalue weighted by Crippen LogP contribution is -2.35. The Morgan fingerprint density at radius 1 is 1.07 bits per heavy atom. The number of amides is 1. The van der Waals surface area contributed by atoms with Gasteiger partial charge >= 0.3 is 0 Å². The maximum Gasteiger partial charge on any atom is 0.265 e. The summed E-state index contributed by atoms with van der Waals surface area (Å²) in [5.74, 6) is 0.855. The van der Waals surface area contributed by atoms with Crippen molar-refractivity contribution in [3.05, 3.63) is 48.5 Å². The molecule has 0 spiro atoms. The van der Waals surface area contributed by atoms with Gasteiger partial charge in [-0.2, -0.15) is 0 Å². The van der Waals surface area contributed by atoms with Crippen LogP contribution < -0.4 is 19.1 Å². The van der Waals surface area contributed by atoms with Crippen LogP contribution >= 0.6 is 0 Å². The minimum Gasteiger partial charge on any atom is -0.490 e. The van der Waals surface area contributed by atoms with Gasteiger partial charge in [0.1, 0.15) is 11.5 Å². The predicted molar refractivity (Wildman–Crippen MR) is 116 cm³/mol. The van der Waals surface area contributed by atoms with Crippen molar-refractivity contribution in [1.29, 1.82) is 0 Å². The number of para-hydroxylation sites is 2. The van der Waals surface area contributed by atoms with Crippen LogP contribution in [0.25, 0.3) is 0 Å². The summed E-state index contributed by atoms with van der Waals surface area (Å²) in [7, 11) is -3.48. The first-order chi connectivity index (χ1) is 14.4. The maximum absolute atomic E-state index is 12.8. The van der Waals surface area contributed by atoms with E-state index in [0.29, 0.717) is 17.1 Å². The van der Waals surface area contributed by atoms with E-state index in [1.54, 1.807) is 36.4 Å². The maximum atomic E-state index is 12.8. The number of fused-ring (bicyclic) bond motifs is 1. The van der Waals surface area contributed by atoms with E-state index in [9.17, 15) is 13.2 Å². The molecule has 0 radical (unpaired) electrons. The molecule has 1 heterocycles. The summed E-state index contributed by atoms with van der Waals surface area (Å²) in [4.78, 5) is 12.8. The minimum atomic E-state index is -3.48. The second-order valence-corrected chi connectivity index (χ2v) is 9.64. The number of ether oxygens (including phenoxy) is 2. The predicted octanol–water partition coefficient (Wildman–Crippen LogP) is 3.56. The summed E-state index contributed by atoms with van der Waals surface area (Å²) >= 11 is 0. The van der Waals surface area contributed by atoms with Crippen LogP contribution in [-0.2, 0) is 14.8 Å². The highest BCUT2D eigenvalue weighted by atomic mass is 32.2. The Kier molecular flexibility index (Phi) is 5.85. The van der Waals surface area contributed by atoms with E-state index in [0.717, 1.165) is 24.8 Å². The molecule has 2 aromatic rings. The quantitative estimate of drug-likeness (QED) is 0.784. The monoisotopic (exact) mass is 430 g/mol. The van der Waals surface area contributed by atoms with E-state index in [-0.39, 0.29) is 25.0 Å². The lowest BCUT2D eigenvalue weighted by Gasteiger charge is -2.20. The molecule has 1 aliphatic heterocycles. The first-order valence-electron chi connectivity index (χ1n) is 10.2. The van der Waals surface area contributed by atoms with Gasteiger partial charge in [-0.25, -0.2) is 8.42 Å². The van der Waals surface area contributed by atoms with Crippen LogP contribution in [0.15, 0.2) is 48.5 Å². The van der Waals surface area contributed by atoms with Crippen molar-refractivity contribution < 1.29 is 22.7 Å². The van der Waals surface area contributed by atoms with E-state index in [2.05, 4.69) is 5.32 Å². The normalized spacial score (nSPS) is 19.5. The van der Waals surface area contributed by atoms with Gasteiger partial charge in [0.15, 0.2) is 6.10 Å². The fourth-order valence-corrected chi connectivity index (χ4v) is 4.84. The zero-order chi connectivity index (χ0) is 21.1.